The van der Waals surface area contributed by atoms with Gasteiger partial charge in [-0.25, -0.2) is 4.98 Å². The predicted octanol–water partition coefficient (Wildman–Crippen LogP) is 2.18. The molecular formula is C14H13N3O3S. The maximum absolute atomic E-state index is 11.9. The van der Waals surface area contributed by atoms with Crippen LogP contribution in [0.4, 0.5) is 10.8 Å². The van der Waals surface area contributed by atoms with Gasteiger partial charge in [0.25, 0.3) is 5.91 Å². The van der Waals surface area contributed by atoms with Crippen LogP contribution >= 0.6 is 11.3 Å². The second kappa shape index (κ2) is 5.53. The summed E-state index contributed by atoms with van der Waals surface area (Å²) in [5, 5.41) is 7.75. The number of ether oxygens (including phenoxy) is 1. The topological polar surface area (TPSA) is 80.3 Å². The van der Waals surface area contributed by atoms with E-state index >= 15 is 0 Å². The van der Waals surface area contributed by atoms with Crippen LogP contribution in [0, 0.1) is 6.92 Å². The number of nitrogens with one attached hydrogen (secondary N) is 2. The molecule has 2 heterocycles. The molecule has 2 aromatic rings. The number of carbonyl (C=O) groups excluding carboxylic acids is 2. The van der Waals surface area contributed by atoms with E-state index in [1.54, 1.807) is 18.2 Å². The zero-order valence-electron chi connectivity index (χ0n) is 11.3. The van der Waals surface area contributed by atoms with Crippen LogP contribution in [-0.4, -0.2) is 22.9 Å². The molecule has 0 fully saturated rings. The number of carbonyl (C=O) groups is 2. The number of hydrogen-bond acceptors (Lipinski definition) is 5. The van der Waals surface area contributed by atoms with Gasteiger partial charge in [0.05, 0.1) is 17.8 Å². The summed E-state index contributed by atoms with van der Waals surface area (Å²) in [6.45, 7) is 1.85. The third kappa shape index (κ3) is 3.03. The van der Waals surface area contributed by atoms with Crippen molar-refractivity contribution in [2.24, 2.45) is 0 Å². The molecule has 1 aromatic carbocycles. The first-order valence-electron chi connectivity index (χ1n) is 6.40. The van der Waals surface area contributed by atoms with Crippen LogP contribution in [0.2, 0.25) is 0 Å². The van der Waals surface area contributed by atoms with Crippen molar-refractivity contribution in [3.05, 3.63) is 35.3 Å². The zero-order valence-corrected chi connectivity index (χ0v) is 12.1. The molecule has 0 aliphatic carbocycles. The largest absolute Gasteiger partial charge is 0.478 e. The summed E-state index contributed by atoms with van der Waals surface area (Å²) >= 11 is 1.34. The molecule has 1 unspecified atom stereocenters. The first-order chi connectivity index (χ1) is 10.1. The Morgan fingerprint density at radius 3 is 3.05 bits per heavy atom. The van der Waals surface area contributed by atoms with Crippen molar-refractivity contribution >= 4 is 34.0 Å². The number of aryl methyl sites for hydroxylation is 1. The molecular weight excluding hydrogens is 290 g/mol. The molecule has 1 aliphatic rings. The van der Waals surface area contributed by atoms with E-state index in [0.717, 1.165) is 5.69 Å². The Balaban J connectivity index is 1.65. The molecule has 1 atom stereocenters. The van der Waals surface area contributed by atoms with Gasteiger partial charge in [-0.05, 0) is 19.1 Å². The van der Waals surface area contributed by atoms with Crippen molar-refractivity contribution in [1.82, 2.24) is 4.98 Å². The van der Waals surface area contributed by atoms with Crippen molar-refractivity contribution in [2.75, 3.05) is 10.6 Å². The van der Waals surface area contributed by atoms with E-state index in [1.807, 2.05) is 18.4 Å². The summed E-state index contributed by atoms with van der Waals surface area (Å²) in [5.74, 6) is -0.0527. The van der Waals surface area contributed by atoms with Crippen LogP contribution in [0.3, 0.4) is 0 Å². The first kappa shape index (κ1) is 13.6. The van der Waals surface area contributed by atoms with Crippen molar-refractivity contribution in [2.45, 2.75) is 19.4 Å². The van der Waals surface area contributed by atoms with Gasteiger partial charge in [0.1, 0.15) is 5.75 Å². The average Bonchev–Trinajstić information content (AvgIpc) is 2.85. The monoisotopic (exact) mass is 303 g/mol. The Morgan fingerprint density at radius 1 is 1.48 bits per heavy atom. The lowest BCUT2D eigenvalue weighted by Crippen LogP contribution is -2.39. The van der Waals surface area contributed by atoms with Gasteiger partial charge in [0.2, 0.25) is 5.91 Å². The molecule has 0 saturated carbocycles. The summed E-state index contributed by atoms with van der Waals surface area (Å²) in [7, 11) is 0. The second-order valence-electron chi connectivity index (χ2n) is 4.64. The number of thiazole rings is 1. The third-order valence-electron chi connectivity index (χ3n) is 2.94. The van der Waals surface area contributed by atoms with Crippen LogP contribution in [0.1, 0.15) is 12.1 Å². The summed E-state index contributed by atoms with van der Waals surface area (Å²) in [4.78, 5) is 28.0. The summed E-state index contributed by atoms with van der Waals surface area (Å²) in [5.41, 5.74) is 1.46. The number of anilines is 2. The third-order valence-corrected chi connectivity index (χ3v) is 3.82. The Bertz CT molecular complexity index is 698. The van der Waals surface area contributed by atoms with E-state index in [1.165, 1.54) is 11.3 Å². The molecule has 2 N–H and O–H groups in total. The molecule has 0 radical (unpaired) electrons. The van der Waals surface area contributed by atoms with Crippen LogP contribution in [0.5, 0.6) is 5.75 Å². The number of rotatable bonds is 3. The number of hydrogen-bond donors (Lipinski definition) is 2. The molecule has 0 spiro atoms. The quantitative estimate of drug-likeness (QED) is 0.910. The Hall–Kier alpha value is -2.41. The molecule has 1 aliphatic heterocycles. The van der Waals surface area contributed by atoms with Crippen molar-refractivity contribution in [1.29, 1.82) is 0 Å². The molecule has 3 rings (SSSR count). The van der Waals surface area contributed by atoms with Gasteiger partial charge in [-0.1, -0.05) is 12.1 Å². The second-order valence-corrected chi connectivity index (χ2v) is 5.50. The van der Waals surface area contributed by atoms with Crippen LogP contribution in [0.15, 0.2) is 29.6 Å². The number of aromatic nitrogens is 1. The molecule has 1 aromatic heterocycles. The summed E-state index contributed by atoms with van der Waals surface area (Å²) < 4.78 is 5.57. The van der Waals surface area contributed by atoms with Crippen LogP contribution in [0.25, 0.3) is 0 Å². The van der Waals surface area contributed by atoms with Crippen molar-refractivity contribution < 1.29 is 14.3 Å². The highest BCUT2D eigenvalue weighted by atomic mass is 32.1. The first-order valence-corrected chi connectivity index (χ1v) is 7.28. The fourth-order valence-electron chi connectivity index (χ4n) is 1.98. The van der Waals surface area contributed by atoms with Gasteiger partial charge in [-0.15, -0.1) is 11.3 Å². The highest BCUT2D eigenvalue weighted by Crippen LogP contribution is 2.29. The number of para-hydroxylation sites is 2. The van der Waals surface area contributed by atoms with E-state index in [4.69, 9.17) is 4.74 Å². The summed E-state index contributed by atoms with van der Waals surface area (Å²) in [6, 6.07) is 7.12. The fourth-order valence-corrected chi connectivity index (χ4v) is 2.68. The van der Waals surface area contributed by atoms with Gasteiger partial charge in [0.15, 0.2) is 11.2 Å². The minimum Gasteiger partial charge on any atom is -0.478 e. The van der Waals surface area contributed by atoms with E-state index in [-0.39, 0.29) is 18.2 Å². The molecule has 0 saturated heterocycles. The zero-order chi connectivity index (χ0) is 14.8. The van der Waals surface area contributed by atoms with Crippen molar-refractivity contribution in [3.8, 4) is 5.75 Å². The molecule has 7 heteroatoms. The normalized spacial score (nSPS) is 16.6. The Kier molecular flexibility index (Phi) is 3.57. The molecule has 108 valence electrons. The molecule has 0 bridgehead atoms. The van der Waals surface area contributed by atoms with Crippen LogP contribution < -0.4 is 15.4 Å². The molecule has 2 amide bonds. The minimum atomic E-state index is -0.832. The van der Waals surface area contributed by atoms with Gasteiger partial charge in [-0.3, -0.25) is 9.59 Å². The number of amides is 2. The highest BCUT2D eigenvalue weighted by Gasteiger charge is 2.29. The number of nitrogens with zero attached hydrogens (tertiary/aromatic N) is 1. The van der Waals surface area contributed by atoms with Gasteiger partial charge in [0, 0.05) is 5.38 Å². The Labute approximate surface area is 125 Å². The fraction of sp³-hybridized carbons (Fsp3) is 0.214. The lowest BCUT2D eigenvalue weighted by atomic mass is 10.1. The van der Waals surface area contributed by atoms with Gasteiger partial charge >= 0.3 is 0 Å². The molecule has 21 heavy (non-hydrogen) atoms. The maximum atomic E-state index is 11.9. The predicted molar refractivity (Wildman–Crippen MR) is 79.6 cm³/mol. The van der Waals surface area contributed by atoms with E-state index in [0.29, 0.717) is 16.6 Å². The van der Waals surface area contributed by atoms with Gasteiger partial charge in [-0.2, -0.15) is 0 Å². The maximum Gasteiger partial charge on any atom is 0.266 e. The lowest BCUT2D eigenvalue weighted by molar-refractivity contribution is -0.128. The highest BCUT2D eigenvalue weighted by molar-refractivity contribution is 7.13. The Morgan fingerprint density at radius 2 is 2.29 bits per heavy atom. The van der Waals surface area contributed by atoms with Gasteiger partial charge < -0.3 is 15.4 Å². The average molecular weight is 303 g/mol. The van der Waals surface area contributed by atoms with Crippen molar-refractivity contribution in [3.63, 3.8) is 0 Å². The van der Waals surface area contributed by atoms with E-state index in [2.05, 4.69) is 15.6 Å². The number of fused-ring (bicyclic) bond motifs is 1. The smallest absolute Gasteiger partial charge is 0.266 e. The summed E-state index contributed by atoms with van der Waals surface area (Å²) in [6.07, 6.45) is -0.889. The standard InChI is InChI=1S/C14H13N3O3S/c1-8-7-21-14(15-8)17-12(18)6-11-13(19)16-9-4-2-3-5-10(9)20-11/h2-5,7,11H,6H2,1H3,(H,16,19)(H,15,17,18). The number of benzene rings is 1. The molecule has 6 nitrogen and oxygen atoms in total. The minimum absolute atomic E-state index is 0.0568. The lowest BCUT2D eigenvalue weighted by Gasteiger charge is -2.25. The van der Waals surface area contributed by atoms with Crippen LogP contribution in [-0.2, 0) is 9.59 Å². The van der Waals surface area contributed by atoms with E-state index in [9.17, 15) is 9.59 Å². The van der Waals surface area contributed by atoms with E-state index < -0.39 is 6.10 Å². The SMILES string of the molecule is Cc1csc(NC(=O)CC2Oc3ccccc3NC2=O)n1.